The largest absolute Gasteiger partial charge is 0.388 e. The van der Waals surface area contributed by atoms with Gasteiger partial charge >= 0.3 is 0 Å². The quantitative estimate of drug-likeness (QED) is 0.310. The summed E-state index contributed by atoms with van der Waals surface area (Å²) in [7, 11) is 0. The van der Waals surface area contributed by atoms with Crippen LogP contribution in [0, 0.1) is 17.8 Å². The molecular weight excluding hydrogens is 512 g/mol. The van der Waals surface area contributed by atoms with Gasteiger partial charge in [-0.3, -0.25) is 19.5 Å². The summed E-state index contributed by atoms with van der Waals surface area (Å²) in [5.74, 6) is 0.832. The number of aromatic nitrogens is 1. The van der Waals surface area contributed by atoms with E-state index in [9.17, 15) is 9.59 Å². The zero-order valence-corrected chi connectivity index (χ0v) is 23.4. The minimum Gasteiger partial charge on any atom is -0.388 e. The van der Waals surface area contributed by atoms with Gasteiger partial charge in [-0.15, -0.1) is 0 Å². The van der Waals surface area contributed by atoms with Crippen LogP contribution >= 0.6 is 11.6 Å². The van der Waals surface area contributed by atoms with Crippen molar-refractivity contribution >= 4 is 29.0 Å². The standard InChI is InChI=1S/C31H39ClN4O3/c32-28-7-5-25(6-8-28)30(34-39-22-29(37)24-3-1-2-4-24)26-13-19-36(20-14-26)31(38)27-11-17-35(18-12-27)21-23-9-15-33-16-10-23/h5-10,15-16,24,26-27H,1-4,11-14,17-22H2. The highest BCUT2D eigenvalue weighted by Crippen LogP contribution is 2.28. The van der Waals surface area contributed by atoms with Crippen LogP contribution in [-0.4, -0.2) is 65.0 Å². The van der Waals surface area contributed by atoms with Gasteiger partial charge < -0.3 is 9.74 Å². The highest BCUT2D eigenvalue weighted by Gasteiger charge is 2.33. The van der Waals surface area contributed by atoms with Gasteiger partial charge in [0.25, 0.3) is 0 Å². The molecule has 208 valence electrons. The molecule has 0 unspecified atom stereocenters. The fourth-order valence-corrected chi connectivity index (χ4v) is 6.36. The number of carbonyl (C=O) groups is 2. The number of hydrogen-bond acceptors (Lipinski definition) is 6. The Balaban J connectivity index is 1.14. The van der Waals surface area contributed by atoms with E-state index in [1.165, 1.54) is 5.56 Å². The first-order valence-corrected chi connectivity index (χ1v) is 14.8. The van der Waals surface area contributed by atoms with Gasteiger partial charge in [0, 0.05) is 54.8 Å². The van der Waals surface area contributed by atoms with Crippen molar-refractivity contribution < 1.29 is 14.4 Å². The Morgan fingerprint density at radius 3 is 2.15 bits per heavy atom. The van der Waals surface area contributed by atoms with Crippen molar-refractivity contribution in [1.82, 2.24) is 14.8 Å². The van der Waals surface area contributed by atoms with Gasteiger partial charge in [-0.25, -0.2) is 0 Å². The van der Waals surface area contributed by atoms with E-state index in [1.54, 1.807) is 0 Å². The van der Waals surface area contributed by atoms with Crippen molar-refractivity contribution in [2.45, 2.75) is 57.9 Å². The summed E-state index contributed by atoms with van der Waals surface area (Å²) in [6.07, 6.45) is 11.3. The van der Waals surface area contributed by atoms with Crippen LogP contribution in [0.1, 0.15) is 62.5 Å². The number of rotatable bonds is 9. The predicted molar refractivity (Wildman–Crippen MR) is 152 cm³/mol. The summed E-state index contributed by atoms with van der Waals surface area (Å²) in [6.45, 7) is 4.26. The van der Waals surface area contributed by atoms with Crippen molar-refractivity contribution in [1.29, 1.82) is 0 Å². The minimum atomic E-state index is 0.0267. The molecule has 3 heterocycles. The Hall–Kier alpha value is -2.77. The van der Waals surface area contributed by atoms with Gasteiger partial charge in [0.2, 0.25) is 5.91 Å². The number of carbonyl (C=O) groups excluding carboxylic acids is 2. The average Bonchev–Trinajstić information content (AvgIpc) is 3.52. The second kappa shape index (κ2) is 13.5. The monoisotopic (exact) mass is 550 g/mol. The zero-order chi connectivity index (χ0) is 27.0. The normalized spacial score (nSPS) is 20.3. The number of oxime groups is 1. The Kier molecular flexibility index (Phi) is 9.64. The van der Waals surface area contributed by atoms with E-state index in [0.717, 1.165) is 82.3 Å². The highest BCUT2D eigenvalue weighted by molar-refractivity contribution is 6.30. The highest BCUT2D eigenvalue weighted by atomic mass is 35.5. The molecule has 3 fully saturated rings. The number of nitrogens with zero attached hydrogens (tertiary/aromatic N) is 4. The van der Waals surface area contributed by atoms with Crippen molar-refractivity contribution in [3.05, 3.63) is 64.9 Å². The Morgan fingerprint density at radius 2 is 1.49 bits per heavy atom. The van der Waals surface area contributed by atoms with Crippen molar-refractivity contribution in [3.63, 3.8) is 0 Å². The third-order valence-corrected chi connectivity index (χ3v) is 8.86. The number of pyridine rings is 1. The molecule has 2 aliphatic heterocycles. The Labute approximate surface area is 236 Å². The second-order valence-electron chi connectivity index (χ2n) is 11.2. The van der Waals surface area contributed by atoms with Crippen LogP contribution in [-0.2, 0) is 21.0 Å². The smallest absolute Gasteiger partial charge is 0.225 e. The van der Waals surface area contributed by atoms with Gasteiger partial charge in [0.15, 0.2) is 12.4 Å². The molecule has 1 aromatic heterocycles. The summed E-state index contributed by atoms with van der Waals surface area (Å²) < 4.78 is 0. The number of likely N-dealkylation sites (tertiary alicyclic amines) is 2. The van der Waals surface area contributed by atoms with E-state index < -0.39 is 0 Å². The van der Waals surface area contributed by atoms with Gasteiger partial charge in [-0.1, -0.05) is 41.7 Å². The Bertz CT molecular complexity index is 1120. The second-order valence-corrected chi connectivity index (χ2v) is 11.6. The molecule has 2 aromatic rings. The molecule has 0 bridgehead atoms. The van der Waals surface area contributed by atoms with Gasteiger partial charge in [0.1, 0.15) is 0 Å². The first kappa shape index (κ1) is 27.8. The van der Waals surface area contributed by atoms with E-state index in [-0.39, 0.29) is 30.1 Å². The number of amides is 1. The number of piperidine rings is 2. The van der Waals surface area contributed by atoms with Crippen LogP contribution in [0.25, 0.3) is 0 Å². The number of hydrogen-bond donors (Lipinski definition) is 0. The molecule has 1 amide bonds. The molecule has 2 saturated heterocycles. The summed E-state index contributed by atoms with van der Waals surface area (Å²) in [4.78, 5) is 40.1. The Morgan fingerprint density at radius 1 is 0.846 bits per heavy atom. The maximum Gasteiger partial charge on any atom is 0.225 e. The van der Waals surface area contributed by atoms with Crippen molar-refractivity contribution in [2.75, 3.05) is 32.8 Å². The minimum absolute atomic E-state index is 0.0267. The van der Waals surface area contributed by atoms with E-state index >= 15 is 0 Å². The third-order valence-electron chi connectivity index (χ3n) is 8.61. The van der Waals surface area contributed by atoms with E-state index in [2.05, 4.69) is 27.2 Å². The van der Waals surface area contributed by atoms with E-state index in [1.807, 2.05) is 41.6 Å². The fourth-order valence-electron chi connectivity index (χ4n) is 6.23. The molecule has 1 saturated carbocycles. The van der Waals surface area contributed by atoms with Crippen LogP contribution in [0.2, 0.25) is 5.02 Å². The SMILES string of the molecule is O=C(CON=C(c1ccc(Cl)cc1)C1CCN(C(=O)C2CCN(Cc3ccncc3)CC2)CC1)C1CCCC1. The lowest BCUT2D eigenvalue weighted by Gasteiger charge is -2.37. The summed E-state index contributed by atoms with van der Waals surface area (Å²) >= 11 is 6.13. The lowest BCUT2D eigenvalue weighted by atomic mass is 9.87. The predicted octanol–water partition coefficient (Wildman–Crippen LogP) is 5.37. The number of ketones is 1. The summed E-state index contributed by atoms with van der Waals surface area (Å²) in [5, 5.41) is 5.17. The molecule has 3 aliphatic rings. The molecule has 0 spiro atoms. The van der Waals surface area contributed by atoms with Crippen LogP contribution in [0.5, 0.6) is 0 Å². The molecule has 0 atom stereocenters. The summed E-state index contributed by atoms with van der Waals surface area (Å²) in [6, 6.07) is 11.7. The molecular formula is C31H39ClN4O3. The first-order valence-electron chi connectivity index (χ1n) is 14.5. The molecule has 7 nitrogen and oxygen atoms in total. The molecule has 1 aliphatic carbocycles. The fraction of sp³-hybridized carbons (Fsp3) is 0.548. The maximum absolute atomic E-state index is 13.4. The average molecular weight is 551 g/mol. The molecule has 5 rings (SSSR count). The summed E-state index contributed by atoms with van der Waals surface area (Å²) in [5.41, 5.74) is 3.07. The zero-order valence-electron chi connectivity index (χ0n) is 22.6. The van der Waals surface area contributed by atoms with Crippen LogP contribution in [0.4, 0.5) is 0 Å². The lowest BCUT2D eigenvalue weighted by molar-refractivity contribution is -0.138. The maximum atomic E-state index is 13.4. The molecule has 0 radical (unpaired) electrons. The first-order chi connectivity index (χ1) is 19.1. The van der Waals surface area contributed by atoms with Crippen LogP contribution < -0.4 is 0 Å². The van der Waals surface area contributed by atoms with Gasteiger partial charge in [-0.2, -0.15) is 0 Å². The molecule has 39 heavy (non-hydrogen) atoms. The van der Waals surface area contributed by atoms with Crippen LogP contribution in [0.15, 0.2) is 53.9 Å². The third kappa shape index (κ3) is 7.46. The topological polar surface area (TPSA) is 75.1 Å². The van der Waals surface area contributed by atoms with Gasteiger partial charge in [-0.05, 0) is 87.0 Å². The van der Waals surface area contributed by atoms with Crippen molar-refractivity contribution in [2.24, 2.45) is 22.9 Å². The molecule has 1 aromatic carbocycles. The van der Waals surface area contributed by atoms with Crippen molar-refractivity contribution in [3.8, 4) is 0 Å². The van der Waals surface area contributed by atoms with E-state index in [4.69, 9.17) is 16.4 Å². The van der Waals surface area contributed by atoms with Gasteiger partial charge in [0.05, 0.1) is 5.71 Å². The number of halogens is 1. The number of Topliss-reactive ketones (excluding diaryl/α,β-unsaturated/α-hetero) is 1. The molecule has 8 heteroatoms. The lowest BCUT2D eigenvalue weighted by Crippen LogP contribution is -2.46. The van der Waals surface area contributed by atoms with Crippen LogP contribution in [0.3, 0.4) is 0 Å². The molecule has 0 N–H and O–H groups in total. The van der Waals surface area contributed by atoms with E-state index in [0.29, 0.717) is 24.0 Å². The number of benzene rings is 1.